The number of hydrogen-bond donors (Lipinski definition) is 1. The summed E-state index contributed by atoms with van der Waals surface area (Å²) in [6.07, 6.45) is 1.94. The summed E-state index contributed by atoms with van der Waals surface area (Å²) in [6, 6.07) is 7.57. The summed E-state index contributed by atoms with van der Waals surface area (Å²) in [5, 5.41) is 6.01. The number of carbonyl (C=O) groups excluding carboxylic acids is 1. The minimum atomic E-state index is -0.386. The molecule has 2 aromatic rings. The highest BCUT2D eigenvalue weighted by Gasteiger charge is 2.27. The van der Waals surface area contributed by atoms with Gasteiger partial charge < -0.3 is 19.9 Å². The monoisotopic (exact) mass is 455 g/mol. The van der Waals surface area contributed by atoms with E-state index in [1.165, 1.54) is 0 Å². The van der Waals surface area contributed by atoms with Crippen LogP contribution in [0.5, 0.6) is 0 Å². The first-order valence-electron chi connectivity index (χ1n) is 9.65. The van der Waals surface area contributed by atoms with E-state index in [4.69, 9.17) is 27.9 Å². The van der Waals surface area contributed by atoms with Gasteiger partial charge in [-0.2, -0.15) is 0 Å². The van der Waals surface area contributed by atoms with E-state index in [0.717, 1.165) is 41.9 Å². The van der Waals surface area contributed by atoms with E-state index in [1.807, 2.05) is 36.7 Å². The number of halogens is 2. The number of methoxy groups -OCH3 is 1. The lowest BCUT2D eigenvalue weighted by Gasteiger charge is -2.36. The third-order valence-corrected chi connectivity index (χ3v) is 7.26. The molecule has 0 aliphatic carbocycles. The number of urea groups is 1. The number of hydrogen-bond acceptors (Lipinski definition) is 4. The topological polar surface area (TPSA) is 44.8 Å². The van der Waals surface area contributed by atoms with Crippen molar-refractivity contribution in [3.63, 3.8) is 0 Å². The molecular weight excluding hydrogens is 429 g/mol. The third-order valence-electron chi connectivity index (χ3n) is 5.46. The number of carbonyl (C=O) groups is 1. The van der Waals surface area contributed by atoms with Gasteiger partial charge in [-0.15, -0.1) is 11.3 Å². The van der Waals surface area contributed by atoms with E-state index < -0.39 is 0 Å². The Morgan fingerprint density at radius 1 is 1.31 bits per heavy atom. The molecule has 0 saturated carbocycles. The number of benzene rings is 1. The zero-order valence-electron chi connectivity index (χ0n) is 17.0. The minimum Gasteiger partial charge on any atom is -0.382 e. The summed E-state index contributed by atoms with van der Waals surface area (Å²) in [6.45, 7) is 2.30. The zero-order chi connectivity index (χ0) is 21.0. The van der Waals surface area contributed by atoms with Crippen LogP contribution in [0.15, 0.2) is 29.6 Å². The first-order valence-corrected chi connectivity index (χ1v) is 11.3. The molecule has 29 heavy (non-hydrogen) atoms. The average molecular weight is 456 g/mol. The molecule has 0 bridgehead atoms. The van der Waals surface area contributed by atoms with E-state index in [9.17, 15) is 4.79 Å². The Balaban J connectivity index is 1.77. The van der Waals surface area contributed by atoms with Gasteiger partial charge in [-0.25, -0.2) is 4.79 Å². The number of likely N-dealkylation sites (tertiary alicyclic amines) is 1. The molecule has 2 amide bonds. The number of nitrogens with one attached hydrogen (secondary N) is 1. The molecule has 5 nitrogen and oxygen atoms in total. The van der Waals surface area contributed by atoms with Crippen LogP contribution in [-0.2, 0) is 4.74 Å². The number of piperidine rings is 1. The van der Waals surface area contributed by atoms with Crippen molar-refractivity contribution in [2.45, 2.75) is 24.9 Å². The molecule has 158 valence electrons. The van der Waals surface area contributed by atoms with Crippen LogP contribution in [0.1, 0.15) is 24.4 Å². The zero-order valence-corrected chi connectivity index (χ0v) is 19.3. The highest BCUT2D eigenvalue weighted by molar-refractivity contribution is 7.13. The predicted molar refractivity (Wildman–Crippen MR) is 121 cm³/mol. The maximum absolute atomic E-state index is 12.9. The summed E-state index contributed by atoms with van der Waals surface area (Å²) in [5.41, 5.74) is 1.64. The van der Waals surface area contributed by atoms with Gasteiger partial charge in [-0.1, -0.05) is 41.4 Å². The van der Waals surface area contributed by atoms with Gasteiger partial charge in [-0.05, 0) is 50.0 Å². The third kappa shape index (κ3) is 5.25. The van der Waals surface area contributed by atoms with Crippen molar-refractivity contribution < 1.29 is 9.53 Å². The highest BCUT2D eigenvalue weighted by atomic mass is 35.5. The van der Waals surface area contributed by atoms with E-state index in [-0.39, 0.29) is 18.1 Å². The van der Waals surface area contributed by atoms with Crippen molar-refractivity contribution in [3.05, 3.63) is 45.3 Å². The Hall–Kier alpha value is -1.31. The first-order chi connectivity index (χ1) is 13.9. The minimum absolute atomic E-state index is 0.129. The fourth-order valence-corrected chi connectivity index (χ4v) is 5.01. The number of thiophene rings is 1. The molecule has 1 aliphatic rings. The summed E-state index contributed by atoms with van der Waals surface area (Å²) in [5.74, 6) is 0. The van der Waals surface area contributed by atoms with Crippen LogP contribution in [-0.4, -0.2) is 62.8 Å². The average Bonchev–Trinajstić information content (AvgIpc) is 3.24. The molecule has 1 aromatic carbocycles. The number of rotatable bonds is 6. The number of amides is 2. The second-order valence-corrected chi connectivity index (χ2v) is 9.11. The summed E-state index contributed by atoms with van der Waals surface area (Å²) < 4.78 is 5.36. The van der Waals surface area contributed by atoms with Crippen LogP contribution >= 0.6 is 34.5 Å². The molecular formula is C21H27Cl2N3O2S. The van der Waals surface area contributed by atoms with Gasteiger partial charge in [0.25, 0.3) is 0 Å². The quantitative estimate of drug-likeness (QED) is 0.655. The van der Waals surface area contributed by atoms with Gasteiger partial charge in [0, 0.05) is 30.6 Å². The molecule has 8 heteroatoms. The maximum atomic E-state index is 12.9. The predicted octanol–water partition coefficient (Wildman–Crippen LogP) is 5.15. The molecule has 1 atom stereocenters. The van der Waals surface area contributed by atoms with Crippen LogP contribution < -0.4 is 5.32 Å². The van der Waals surface area contributed by atoms with Crippen LogP contribution in [0.25, 0.3) is 10.4 Å². The lowest BCUT2D eigenvalue weighted by atomic mass is 10.0. The Labute approximate surface area is 186 Å². The fraction of sp³-hybridized carbons (Fsp3) is 0.476. The molecule has 1 saturated heterocycles. The molecule has 1 aliphatic heterocycles. The van der Waals surface area contributed by atoms with E-state index >= 15 is 0 Å². The van der Waals surface area contributed by atoms with Gasteiger partial charge in [0.15, 0.2) is 0 Å². The van der Waals surface area contributed by atoms with E-state index in [1.54, 1.807) is 23.3 Å². The van der Waals surface area contributed by atoms with Gasteiger partial charge in [0.1, 0.15) is 0 Å². The normalized spacial score (nSPS) is 16.6. The van der Waals surface area contributed by atoms with Crippen molar-refractivity contribution in [2.75, 3.05) is 40.9 Å². The smallest absolute Gasteiger partial charge is 0.317 e. The molecule has 1 fully saturated rings. The lowest BCUT2D eigenvalue weighted by Crippen LogP contribution is -2.49. The highest BCUT2D eigenvalue weighted by Crippen LogP contribution is 2.39. The lowest BCUT2D eigenvalue weighted by molar-refractivity contribution is 0.133. The van der Waals surface area contributed by atoms with Gasteiger partial charge in [0.2, 0.25) is 0 Å². The second-order valence-electron chi connectivity index (χ2n) is 7.41. The van der Waals surface area contributed by atoms with Crippen molar-refractivity contribution >= 4 is 40.6 Å². The summed E-state index contributed by atoms with van der Waals surface area (Å²) in [4.78, 5) is 18.0. The van der Waals surface area contributed by atoms with Crippen molar-refractivity contribution in [1.82, 2.24) is 15.1 Å². The number of nitrogens with zero attached hydrogens (tertiary/aromatic N) is 2. The second kappa shape index (κ2) is 10.1. The van der Waals surface area contributed by atoms with Crippen LogP contribution in [0.2, 0.25) is 10.0 Å². The molecule has 0 radical (unpaired) electrons. The Kier molecular flexibility index (Phi) is 7.82. The Morgan fingerprint density at radius 2 is 2.03 bits per heavy atom. The van der Waals surface area contributed by atoms with Gasteiger partial charge in [0.05, 0.1) is 22.7 Å². The molecule has 0 spiro atoms. The standard InChI is InChI=1S/C21H27Cl2N3O2S/c1-25-10-8-14(9-11-25)26(2)21(27)24-17(13-28-3)15-6-7-16(20(23)19(15)22)18-5-4-12-29-18/h4-7,12,14,17H,8-11,13H2,1-3H3,(H,24,27). The Morgan fingerprint density at radius 3 is 2.66 bits per heavy atom. The number of ether oxygens (including phenoxy) is 1. The van der Waals surface area contributed by atoms with E-state index in [0.29, 0.717) is 16.7 Å². The fourth-order valence-electron chi connectivity index (χ4n) is 3.63. The molecule has 1 unspecified atom stereocenters. The molecule has 1 aromatic heterocycles. The van der Waals surface area contributed by atoms with Gasteiger partial charge in [-0.3, -0.25) is 0 Å². The van der Waals surface area contributed by atoms with Crippen LogP contribution in [0.3, 0.4) is 0 Å². The summed E-state index contributed by atoms with van der Waals surface area (Å²) in [7, 11) is 5.57. The first kappa shape index (κ1) is 22.4. The largest absolute Gasteiger partial charge is 0.382 e. The van der Waals surface area contributed by atoms with Crippen LogP contribution in [0.4, 0.5) is 4.79 Å². The maximum Gasteiger partial charge on any atom is 0.317 e. The Bertz CT molecular complexity index is 824. The van der Waals surface area contributed by atoms with Gasteiger partial charge >= 0.3 is 6.03 Å². The SMILES string of the molecule is COCC(NC(=O)N(C)C1CCN(C)CC1)c1ccc(-c2cccs2)c(Cl)c1Cl. The van der Waals surface area contributed by atoms with E-state index in [2.05, 4.69) is 17.3 Å². The van der Waals surface area contributed by atoms with Crippen molar-refractivity contribution in [3.8, 4) is 10.4 Å². The van der Waals surface area contributed by atoms with Crippen LogP contribution in [0, 0.1) is 0 Å². The summed E-state index contributed by atoms with van der Waals surface area (Å²) >= 11 is 14.8. The molecule has 2 heterocycles. The molecule has 1 N–H and O–H groups in total. The molecule has 3 rings (SSSR count). The van der Waals surface area contributed by atoms with Crippen molar-refractivity contribution in [2.24, 2.45) is 0 Å². The van der Waals surface area contributed by atoms with Crippen molar-refractivity contribution in [1.29, 1.82) is 0 Å².